The summed E-state index contributed by atoms with van der Waals surface area (Å²) in [7, 11) is 0. The number of carbonyl (C=O) groups is 1. The lowest BCUT2D eigenvalue weighted by Gasteiger charge is -1.96. The summed E-state index contributed by atoms with van der Waals surface area (Å²) in [4.78, 5) is 10.6. The van der Waals surface area contributed by atoms with E-state index in [-0.39, 0.29) is 16.9 Å². The summed E-state index contributed by atoms with van der Waals surface area (Å²) in [6.07, 6.45) is 0. The monoisotopic (exact) mass is 163 g/mol. The molecule has 0 aliphatic rings. The van der Waals surface area contributed by atoms with Crippen molar-refractivity contribution in [2.75, 3.05) is 12.4 Å². The summed E-state index contributed by atoms with van der Waals surface area (Å²) < 4.78 is 4.61. The number of ether oxygens (including phenoxy) is 1. The van der Waals surface area contributed by atoms with Crippen molar-refractivity contribution in [2.45, 2.75) is 6.92 Å². The van der Waals surface area contributed by atoms with Crippen molar-refractivity contribution in [2.24, 2.45) is 5.73 Å². The fourth-order valence-corrected chi connectivity index (χ4v) is 0.713. The van der Waals surface area contributed by atoms with Crippen LogP contribution < -0.4 is 11.1 Å². The zero-order chi connectivity index (χ0) is 7.98. The van der Waals surface area contributed by atoms with Gasteiger partial charge in [-0.25, -0.2) is 0 Å². The molecule has 58 valence electrons. The Balaban J connectivity index is 3.30. The third-order valence-electron chi connectivity index (χ3n) is 0.662. The van der Waals surface area contributed by atoms with Crippen LogP contribution in [-0.2, 0) is 9.53 Å². The maximum absolute atomic E-state index is 10.6. The quantitative estimate of drug-likeness (QED) is 0.297. The lowest BCUT2D eigenvalue weighted by Crippen LogP contribution is -2.43. The maximum atomic E-state index is 10.6. The second kappa shape index (κ2) is 5.10. The Labute approximate surface area is 63.6 Å². The highest BCUT2D eigenvalue weighted by atomic mass is 32.2. The third kappa shape index (κ3) is 5.43. The summed E-state index contributed by atoms with van der Waals surface area (Å²) in [5, 5.41) is 5.27. The van der Waals surface area contributed by atoms with E-state index >= 15 is 0 Å². The average molecular weight is 163 g/mol. The Morgan fingerprint density at radius 1 is 1.80 bits per heavy atom. The third-order valence-corrected chi connectivity index (χ3v) is 1.38. The predicted octanol–water partition coefficient (Wildman–Crippen LogP) is -1.64. The molecule has 0 saturated carbocycles. The van der Waals surface area contributed by atoms with Gasteiger partial charge in [-0.15, -0.1) is 0 Å². The van der Waals surface area contributed by atoms with Crippen LogP contribution in [0.4, 0.5) is 0 Å². The molecule has 4 nitrogen and oxygen atoms in total. The lowest BCUT2D eigenvalue weighted by atomic mass is 10.8. The molecule has 0 aliphatic heterocycles. The topological polar surface area (TPSA) is 77.9 Å². The Morgan fingerprint density at radius 3 is 2.80 bits per heavy atom. The predicted molar refractivity (Wildman–Crippen MR) is 40.2 cm³/mol. The fraction of sp³-hybridized carbons (Fsp3) is 0.600. The van der Waals surface area contributed by atoms with Crippen molar-refractivity contribution < 1.29 is 14.9 Å². The Bertz CT molecular complexity index is 138. The second-order valence-corrected chi connectivity index (χ2v) is 2.54. The van der Waals surface area contributed by atoms with E-state index in [0.29, 0.717) is 6.61 Å². The number of esters is 1. The average Bonchev–Trinajstić information content (AvgIpc) is 1.85. The largest absolute Gasteiger partial charge is 0.465 e. The molecule has 0 rings (SSSR count). The highest BCUT2D eigenvalue weighted by Crippen LogP contribution is 1.95. The molecule has 0 aromatic rings. The number of amidine groups is 1. The van der Waals surface area contributed by atoms with Gasteiger partial charge in [-0.3, -0.25) is 15.9 Å². The Morgan fingerprint density at radius 2 is 2.40 bits per heavy atom. The molecule has 0 atom stereocenters. The van der Waals surface area contributed by atoms with Crippen molar-refractivity contribution in [3.63, 3.8) is 0 Å². The zero-order valence-electron chi connectivity index (χ0n) is 5.79. The molecule has 0 saturated heterocycles. The first-order chi connectivity index (χ1) is 4.66. The molecular weight excluding hydrogens is 152 g/mol. The molecule has 0 spiro atoms. The highest BCUT2D eigenvalue weighted by Gasteiger charge is 2.04. The summed E-state index contributed by atoms with van der Waals surface area (Å²) in [5.74, 6) is -0.100. The van der Waals surface area contributed by atoms with Gasteiger partial charge in [-0.05, 0) is 18.7 Å². The minimum atomic E-state index is -0.291. The van der Waals surface area contributed by atoms with Gasteiger partial charge in [-0.2, -0.15) is 0 Å². The summed E-state index contributed by atoms with van der Waals surface area (Å²) >= 11 is 1.08. The first-order valence-corrected chi connectivity index (χ1v) is 3.81. The summed E-state index contributed by atoms with van der Waals surface area (Å²) in [6.45, 7) is 2.14. The van der Waals surface area contributed by atoms with Gasteiger partial charge in [-0.1, -0.05) is 0 Å². The van der Waals surface area contributed by atoms with Gasteiger partial charge >= 0.3 is 5.97 Å². The van der Waals surface area contributed by atoms with Crippen LogP contribution in [0.15, 0.2) is 0 Å². The van der Waals surface area contributed by atoms with Crippen LogP contribution in [0.25, 0.3) is 0 Å². The Kier molecular flexibility index (Phi) is 4.74. The number of thioether (sulfide) groups is 1. The number of nitrogens with two attached hydrogens (primary N) is 2. The SMILES string of the molecule is CCOC(=O)CSC(N)=[NH2+]. The molecule has 0 aliphatic carbocycles. The number of hydrogen-bond acceptors (Lipinski definition) is 3. The van der Waals surface area contributed by atoms with Crippen LogP contribution >= 0.6 is 11.8 Å². The van der Waals surface area contributed by atoms with E-state index in [1.807, 2.05) is 0 Å². The molecule has 0 aromatic carbocycles. The van der Waals surface area contributed by atoms with E-state index in [0.717, 1.165) is 11.8 Å². The zero-order valence-corrected chi connectivity index (χ0v) is 6.61. The first-order valence-electron chi connectivity index (χ1n) is 2.83. The fourth-order valence-electron chi connectivity index (χ4n) is 0.345. The van der Waals surface area contributed by atoms with E-state index in [9.17, 15) is 4.79 Å². The normalized spacial score (nSPS) is 8.90. The van der Waals surface area contributed by atoms with Gasteiger partial charge in [0.05, 0.1) is 6.61 Å². The highest BCUT2D eigenvalue weighted by molar-refractivity contribution is 8.14. The van der Waals surface area contributed by atoms with Gasteiger partial charge in [0, 0.05) is 0 Å². The van der Waals surface area contributed by atoms with E-state index < -0.39 is 0 Å². The molecule has 0 fully saturated rings. The van der Waals surface area contributed by atoms with Crippen LogP contribution in [0, 0.1) is 0 Å². The minimum Gasteiger partial charge on any atom is -0.465 e. The smallest absolute Gasteiger partial charge is 0.316 e. The number of hydrogen-bond donors (Lipinski definition) is 2. The molecule has 0 bridgehead atoms. The molecule has 5 heteroatoms. The van der Waals surface area contributed by atoms with Crippen LogP contribution in [0.2, 0.25) is 0 Å². The van der Waals surface area contributed by atoms with Gasteiger partial charge in [0.2, 0.25) is 0 Å². The van der Waals surface area contributed by atoms with Crippen molar-refractivity contribution in [3.05, 3.63) is 0 Å². The molecular formula is C5H11N2O2S+. The van der Waals surface area contributed by atoms with E-state index in [4.69, 9.17) is 11.1 Å². The van der Waals surface area contributed by atoms with Crippen molar-refractivity contribution >= 4 is 22.9 Å². The molecule has 0 amide bonds. The standard InChI is InChI=1S/C5H10N2O2S/c1-2-9-4(8)3-10-5(6)7/h2-3H2,1H3,(H3,6,7)/p+1. The molecule has 0 unspecified atom stereocenters. The molecule has 0 aromatic heterocycles. The lowest BCUT2D eigenvalue weighted by molar-refractivity contribution is -0.140. The minimum absolute atomic E-state index is 0.188. The summed E-state index contributed by atoms with van der Waals surface area (Å²) in [6, 6.07) is 0. The van der Waals surface area contributed by atoms with Crippen molar-refractivity contribution in [1.29, 1.82) is 0 Å². The Hall–Kier alpha value is -0.710. The van der Waals surface area contributed by atoms with Crippen molar-refractivity contribution in [1.82, 2.24) is 0 Å². The van der Waals surface area contributed by atoms with Gasteiger partial charge in [0.25, 0.3) is 5.17 Å². The van der Waals surface area contributed by atoms with Gasteiger partial charge in [0.15, 0.2) is 0 Å². The first kappa shape index (κ1) is 9.29. The number of rotatable bonds is 3. The number of carbonyl (C=O) groups excluding carboxylic acids is 1. The van der Waals surface area contributed by atoms with Gasteiger partial charge in [0.1, 0.15) is 5.75 Å². The van der Waals surface area contributed by atoms with E-state index in [1.165, 1.54) is 0 Å². The molecule has 0 heterocycles. The van der Waals surface area contributed by atoms with Crippen LogP contribution in [-0.4, -0.2) is 23.5 Å². The van der Waals surface area contributed by atoms with Gasteiger partial charge < -0.3 is 4.74 Å². The molecule has 0 radical (unpaired) electrons. The van der Waals surface area contributed by atoms with Crippen LogP contribution in [0.3, 0.4) is 0 Å². The van der Waals surface area contributed by atoms with Crippen LogP contribution in [0.5, 0.6) is 0 Å². The van der Waals surface area contributed by atoms with Crippen molar-refractivity contribution in [3.8, 4) is 0 Å². The van der Waals surface area contributed by atoms with Crippen LogP contribution in [0.1, 0.15) is 6.92 Å². The maximum Gasteiger partial charge on any atom is 0.316 e. The molecule has 4 N–H and O–H groups in total. The second-order valence-electron chi connectivity index (χ2n) is 1.50. The van der Waals surface area contributed by atoms with E-state index in [2.05, 4.69) is 4.74 Å². The van der Waals surface area contributed by atoms with E-state index in [1.54, 1.807) is 6.92 Å². The molecule has 10 heavy (non-hydrogen) atoms. The summed E-state index contributed by atoms with van der Waals surface area (Å²) in [5.41, 5.74) is 5.09.